The summed E-state index contributed by atoms with van der Waals surface area (Å²) in [6.45, 7) is 0. The lowest BCUT2D eigenvalue weighted by atomic mass is 10.5. The van der Waals surface area contributed by atoms with Crippen LogP contribution in [-0.2, 0) is 9.59 Å². The molecule has 0 aromatic heterocycles. The maximum Gasteiger partial charge on any atom is 0.347 e. The molecule has 5 heteroatoms. The maximum absolute atomic E-state index is 9.77. The molecule has 0 saturated heterocycles. The van der Waals surface area contributed by atoms with Gasteiger partial charge in [-0.1, -0.05) is 11.6 Å². The van der Waals surface area contributed by atoms with E-state index in [-0.39, 0.29) is 0 Å². The summed E-state index contributed by atoms with van der Waals surface area (Å²) >= 11 is 4.89. The lowest BCUT2D eigenvalue weighted by Crippen LogP contribution is -1.97. The van der Waals surface area contributed by atoms with Crippen molar-refractivity contribution in [1.29, 1.82) is 0 Å². The molecule has 0 saturated carbocycles. The predicted molar refractivity (Wildman–Crippen MR) is 29.2 cm³/mol. The van der Waals surface area contributed by atoms with E-state index in [4.69, 9.17) is 21.8 Å². The van der Waals surface area contributed by atoms with Crippen LogP contribution in [0.5, 0.6) is 0 Å². The van der Waals surface area contributed by atoms with Crippen LogP contribution in [0.4, 0.5) is 0 Å². The fraction of sp³-hybridized carbons (Fsp3) is 0. The van der Waals surface area contributed by atoms with Crippen LogP contribution in [0, 0.1) is 0 Å². The Kier molecular flexibility index (Phi) is 2.73. The smallest absolute Gasteiger partial charge is 0.347 e. The van der Waals surface area contributed by atoms with Gasteiger partial charge in [0.25, 0.3) is 0 Å². The Morgan fingerprint density at radius 1 is 1.33 bits per heavy atom. The number of aliphatic carboxylic acids is 2. The Balaban J connectivity index is 4.17. The molecule has 0 aliphatic carbocycles. The van der Waals surface area contributed by atoms with Crippen molar-refractivity contribution in [3.05, 3.63) is 11.1 Å². The van der Waals surface area contributed by atoms with E-state index >= 15 is 0 Å². The highest BCUT2D eigenvalue weighted by Crippen LogP contribution is 1.98. The van der Waals surface area contributed by atoms with Crippen LogP contribution in [-0.4, -0.2) is 22.2 Å². The van der Waals surface area contributed by atoms with Crippen LogP contribution < -0.4 is 0 Å². The number of hydrogen-bond donors (Lipinski definition) is 2. The number of carboxylic acids is 2. The molecule has 0 fully saturated rings. The fourth-order valence-electron chi connectivity index (χ4n) is 0.170. The molecular weight excluding hydrogens is 147 g/mol. The summed E-state index contributed by atoms with van der Waals surface area (Å²) in [6.07, 6.45) is 0.407. The van der Waals surface area contributed by atoms with Crippen LogP contribution >= 0.6 is 11.6 Å². The van der Waals surface area contributed by atoms with E-state index in [1.54, 1.807) is 0 Å². The molecule has 0 atom stereocenters. The monoisotopic (exact) mass is 150 g/mol. The second-order valence-electron chi connectivity index (χ2n) is 1.14. The number of hydrogen-bond acceptors (Lipinski definition) is 2. The molecule has 50 valence electrons. The van der Waals surface area contributed by atoms with Gasteiger partial charge in [-0.25, -0.2) is 9.59 Å². The minimum Gasteiger partial charge on any atom is -0.478 e. The Hall–Kier alpha value is -1.03. The van der Waals surface area contributed by atoms with Gasteiger partial charge in [0, 0.05) is 6.08 Å². The molecule has 9 heavy (non-hydrogen) atoms. The van der Waals surface area contributed by atoms with Crippen molar-refractivity contribution in [2.75, 3.05) is 0 Å². The number of halogens is 1. The van der Waals surface area contributed by atoms with Crippen LogP contribution in [0.25, 0.3) is 0 Å². The van der Waals surface area contributed by atoms with Gasteiger partial charge in [0.15, 0.2) is 0 Å². The first-order valence-electron chi connectivity index (χ1n) is 1.87. The van der Waals surface area contributed by atoms with Crippen molar-refractivity contribution in [2.24, 2.45) is 0 Å². The zero-order valence-electron chi connectivity index (χ0n) is 4.17. The molecule has 0 bridgehead atoms. The summed E-state index contributed by atoms with van der Waals surface area (Å²) in [7, 11) is 0. The summed E-state index contributed by atoms with van der Waals surface area (Å²) < 4.78 is 0. The number of carboxylic acid groups (broad SMARTS) is 2. The maximum atomic E-state index is 9.77. The summed E-state index contributed by atoms with van der Waals surface area (Å²) in [6, 6.07) is 0. The Morgan fingerprint density at radius 3 is 1.89 bits per heavy atom. The van der Waals surface area contributed by atoms with Gasteiger partial charge >= 0.3 is 11.9 Å². The molecule has 0 spiro atoms. The third-order valence-electron chi connectivity index (χ3n) is 0.455. The van der Waals surface area contributed by atoms with E-state index < -0.39 is 17.0 Å². The average Bonchev–Trinajstić information content (AvgIpc) is 1.63. The first-order valence-corrected chi connectivity index (χ1v) is 2.25. The normalized spacial score (nSPS) is 11.0. The third-order valence-corrected chi connectivity index (χ3v) is 0.725. The highest BCUT2D eigenvalue weighted by molar-refractivity contribution is 6.42. The fourth-order valence-corrected chi connectivity index (χ4v) is 0.263. The molecule has 4 nitrogen and oxygen atoms in total. The zero-order valence-corrected chi connectivity index (χ0v) is 4.92. The minimum absolute atomic E-state index is 0.407. The van der Waals surface area contributed by atoms with Gasteiger partial charge in [0.1, 0.15) is 5.03 Å². The van der Waals surface area contributed by atoms with E-state index in [2.05, 4.69) is 0 Å². The molecule has 0 unspecified atom stereocenters. The van der Waals surface area contributed by atoms with Crippen molar-refractivity contribution < 1.29 is 19.8 Å². The highest BCUT2D eigenvalue weighted by atomic mass is 35.5. The quantitative estimate of drug-likeness (QED) is 0.555. The molecule has 0 aromatic rings. The zero-order chi connectivity index (χ0) is 7.44. The largest absolute Gasteiger partial charge is 0.478 e. The van der Waals surface area contributed by atoms with Gasteiger partial charge in [-0.3, -0.25) is 0 Å². The first-order chi connectivity index (χ1) is 4.04. The SMILES string of the molecule is O=C(O)/C=C(/Cl)C(=O)O. The summed E-state index contributed by atoms with van der Waals surface area (Å²) in [5, 5.41) is 15.2. The van der Waals surface area contributed by atoms with E-state index in [0.29, 0.717) is 6.08 Å². The van der Waals surface area contributed by atoms with E-state index in [0.717, 1.165) is 0 Å². The Bertz CT molecular complexity index is 171. The van der Waals surface area contributed by atoms with Crippen LogP contribution in [0.1, 0.15) is 0 Å². The van der Waals surface area contributed by atoms with Gasteiger partial charge in [0.05, 0.1) is 0 Å². The average molecular weight is 151 g/mol. The molecule has 0 aliphatic rings. The van der Waals surface area contributed by atoms with E-state index in [1.807, 2.05) is 0 Å². The van der Waals surface area contributed by atoms with Crippen molar-refractivity contribution in [1.82, 2.24) is 0 Å². The minimum atomic E-state index is -1.45. The molecule has 0 heterocycles. The number of rotatable bonds is 2. The van der Waals surface area contributed by atoms with Gasteiger partial charge in [-0.05, 0) is 0 Å². The molecule has 0 rings (SSSR count). The second kappa shape index (κ2) is 3.09. The van der Waals surface area contributed by atoms with Crippen LogP contribution in [0.15, 0.2) is 11.1 Å². The first kappa shape index (κ1) is 7.97. The predicted octanol–water partition coefficient (Wildman–Crippen LogP) is 0.278. The highest BCUT2D eigenvalue weighted by Gasteiger charge is 2.03. The Morgan fingerprint density at radius 2 is 1.78 bits per heavy atom. The van der Waals surface area contributed by atoms with Gasteiger partial charge < -0.3 is 10.2 Å². The van der Waals surface area contributed by atoms with Gasteiger partial charge in [0.2, 0.25) is 0 Å². The second-order valence-corrected chi connectivity index (χ2v) is 1.54. The van der Waals surface area contributed by atoms with E-state index in [1.165, 1.54) is 0 Å². The molecule has 0 amide bonds. The topological polar surface area (TPSA) is 74.6 Å². The molecule has 0 aromatic carbocycles. The summed E-state index contributed by atoms with van der Waals surface area (Å²) in [4.78, 5) is 19.5. The summed E-state index contributed by atoms with van der Waals surface area (Å²) in [5.41, 5.74) is 0. The van der Waals surface area contributed by atoms with Crippen molar-refractivity contribution in [3.63, 3.8) is 0 Å². The van der Waals surface area contributed by atoms with Crippen molar-refractivity contribution >= 4 is 23.5 Å². The van der Waals surface area contributed by atoms with Gasteiger partial charge in [-0.15, -0.1) is 0 Å². The van der Waals surface area contributed by atoms with Gasteiger partial charge in [-0.2, -0.15) is 0 Å². The lowest BCUT2D eigenvalue weighted by Gasteiger charge is -1.83. The summed E-state index contributed by atoms with van der Waals surface area (Å²) in [5.74, 6) is -2.82. The molecule has 0 aliphatic heterocycles. The van der Waals surface area contributed by atoms with Crippen molar-refractivity contribution in [3.8, 4) is 0 Å². The van der Waals surface area contributed by atoms with Crippen LogP contribution in [0.2, 0.25) is 0 Å². The molecule has 2 N–H and O–H groups in total. The Labute approximate surface area is 55.4 Å². The number of carbonyl (C=O) groups is 2. The van der Waals surface area contributed by atoms with Crippen molar-refractivity contribution in [2.45, 2.75) is 0 Å². The van der Waals surface area contributed by atoms with E-state index in [9.17, 15) is 9.59 Å². The standard InChI is InChI=1S/C4H3ClO4/c5-2(4(8)9)1-3(6)7/h1H,(H,6,7)(H,8,9)/b2-1+. The third kappa shape index (κ3) is 3.54. The van der Waals surface area contributed by atoms with Crippen LogP contribution in [0.3, 0.4) is 0 Å². The lowest BCUT2D eigenvalue weighted by molar-refractivity contribution is -0.134. The molecule has 0 radical (unpaired) electrons. The molecular formula is C4H3ClO4.